The molecule has 3 aromatic rings. The van der Waals surface area contributed by atoms with Crippen LogP contribution in [0.1, 0.15) is 29.2 Å². The lowest BCUT2D eigenvalue weighted by Crippen LogP contribution is -2.06. The van der Waals surface area contributed by atoms with Crippen molar-refractivity contribution in [1.82, 2.24) is 0 Å². The number of carbonyl (C=O) groups is 2. The van der Waals surface area contributed by atoms with Crippen LogP contribution in [0.2, 0.25) is 0 Å². The second kappa shape index (κ2) is 11.1. The van der Waals surface area contributed by atoms with Gasteiger partial charge in [0.2, 0.25) is 5.90 Å². The molecule has 3 aromatic carbocycles. The molecule has 0 bridgehead atoms. The van der Waals surface area contributed by atoms with Gasteiger partial charge in [-0.25, -0.2) is 14.6 Å². The average molecular weight is 498 g/mol. The predicted molar refractivity (Wildman–Crippen MR) is 137 cm³/mol. The zero-order chi connectivity index (χ0) is 26.4. The third-order valence-corrected chi connectivity index (χ3v) is 5.16. The summed E-state index contributed by atoms with van der Waals surface area (Å²) in [5.41, 5.74) is 2.83. The molecule has 0 saturated heterocycles. The zero-order valence-corrected chi connectivity index (χ0v) is 20.0. The minimum atomic E-state index is -0.690. The van der Waals surface area contributed by atoms with E-state index in [1.807, 2.05) is 31.2 Å². The number of nitro groups is 1. The van der Waals surface area contributed by atoms with Gasteiger partial charge in [0.15, 0.2) is 17.2 Å². The highest BCUT2D eigenvalue weighted by molar-refractivity contribution is 6.12. The summed E-state index contributed by atoms with van der Waals surface area (Å²) in [7, 11) is 0. The van der Waals surface area contributed by atoms with Crippen molar-refractivity contribution in [2.75, 3.05) is 6.61 Å². The number of non-ortho nitro benzene ring substituents is 1. The Morgan fingerprint density at radius 3 is 2.62 bits per heavy atom. The lowest BCUT2D eigenvalue weighted by molar-refractivity contribution is -0.384. The first-order valence-electron chi connectivity index (χ1n) is 11.3. The number of ether oxygens (including phenoxy) is 3. The Morgan fingerprint density at radius 2 is 1.86 bits per heavy atom. The molecule has 0 amide bonds. The summed E-state index contributed by atoms with van der Waals surface area (Å²) in [6, 6.07) is 18.2. The van der Waals surface area contributed by atoms with Gasteiger partial charge in [-0.1, -0.05) is 35.9 Å². The normalized spacial score (nSPS) is 13.9. The summed E-state index contributed by atoms with van der Waals surface area (Å²) in [5.74, 6) is -0.563. The van der Waals surface area contributed by atoms with Crippen LogP contribution in [0, 0.1) is 17.0 Å². The van der Waals surface area contributed by atoms with E-state index in [0.717, 1.165) is 5.56 Å². The molecule has 0 fully saturated rings. The number of hydrogen-bond acceptors (Lipinski definition) is 8. The topological polar surface area (TPSA) is 117 Å². The first kappa shape index (κ1) is 25.1. The van der Waals surface area contributed by atoms with Crippen molar-refractivity contribution in [3.05, 3.63) is 111 Å². The van der Waals surface area contributed by atoms with E-state index in [0.29, 0.717) is 29.0 Å². The Labute approximate surface area is 212 Å². The summed E-state index contributed by atoms with van der Waals surface area (Å²) in [4.78, 5) is 39.5. The Morgan fingerprint density at radius 1 is 1.05 bits per heavy atom. The van der Waals surface area contributed by atoms with E-state index in [2.05, 4.69) is 4.99 Å². The fourth-order valence-corrected chi connectivity index (χ4v) is 3.48. The van der Waals surface area contributed by atoms with E-state index < -0.39 is 16.9 Å². The monoisotopic (exact) mass is 498 g/mol. The number of nitro benzene ring substituents is 1. The standard InChI is InChI=1S/C28H22N2O7/c1-3-35-25-17-20(16-23-28(32)37-27(29-23)21-8-4-6-18(2)14-21)10-12-24(25)36-26(31)13-11-19-7-5-9-22(15-19)30(33)34/h4-17H,3H2,1-2H3/b13-11+,23-16-. The molecular weight excluding hydrogens is 476 g/mol. The van der Waals surface area contributed by atoms with Gasteiger partial charge in [0, 0.05) is 23.8 Å². The predicted octanol–water partition coefficient (Wildman–Crippen LogP) is 5.27. The Balaban J connectivity index is 1.52. The number of hydrogen-bond donors (Lipinski definition) is 0. The molecule has 1 aliphatic heterocycles. The highest BCUT2D eigenvalue weighted by atomic mass is 16.6. The van der Waals surface area contributed by atoms with E-state index in [9.17, 15) is 19.7 Å². The molecule has 37 heavy (non-hydrogen) atoms. The summed E-state index contributed by atoms with van der Waals surface area (Å²) >= 11 is 0. The van der Waals surface area contributed by atoms with E-state index >= 15 is 0 Å². The molecule has 0 radical (unpaired) electrons. The van der Waals surface area contributed by atoms with Gasteiger partial charge in [0.25, 0.3) is 5.69 Å². The number of aliphatic imine (C=N–C) groups is 1. The second-order valence-corrected chi connectivity index (χ2v) is 7.95. The lowest BCUT2D eigenvalue weighted by atomic mass is 10.1. The second-order valence-electron chi connectivity index (χ2n) is 7.95. The van der Waals surface area contributed by atoms with E-state index in [-0.39, 0.29) is 23.0 Å². The number of aryl methyl sites for hydroxylation is 1. The molecule has 186 valence electrons. The van der Waals surface area contributed by atoms with Gasteiger partial charge < -0.3 is 14.2 Å². The summed E-state index contributed by atoms with van der Waals surface area (Å²) in [6.07, 6.45) is 4.15. The molecule has 0 unspecified atom stereocenters. The van der Waals surface area contributed by atoms with Gasteiger partial charge in [-0.3, -0.25) is 10.1 Å². The number of esters is 2. The highest BCUT2D eigenvalue weighted by Crippen LogP contribution is 2.30. The molecule has 4 rings (SSSR count). The van der Waals surface area contributed by atoms with E-state index in [1.165, 1.54) is 30.4 Å². The van der Waals surface area contributed by atoms with Crippen molar-refractivity contribution >= 4 is 35.7 Å². The van der Waals surface area contributed by atoms with Crippen LogP contribution in [0.4, 0.5) is 5.69 Å². The van der Waals surface area contributed by atoms with Crippen molar-refractivity contribution in [3.8, 4) is 11.5 Å². The van der Waals surface area contributed by atoms with Crippen LogP contribution in [-0.4, -0.2) is 29.4 Å². The van der Waals surface area contributed by atoms with E-state index in [1.54, 1.807) is 37.3 Å². The third-order valence-electron chi connectivity index (χ3n) is 5.16. The molecule has 1 aliphatic rings. The quantitative estimate of drug-likeness (QED) is 0.137. The first-order valence-corrected chi connectivity index (χ1v) is 11.3. The molecule has 0 atom stereocenters. The Kier molecular flexibility index (Phi) is 7.53. The highest BCUT2D eigenvalue weighted by Gasteiger charge is 2.24. The fourth-order valence-electron chi connectivity index (χ4n) is 3.48. The van der Waals surface area contributed by atoms with Crippen LogP contribution >= 0.6 is 0 Å². The van der Waals surface area contributed by atoms with Crippen molar-refractivity contribution in [3.63, 3.8) is 0 Å². The molecule has 0 aliphatic carbocycles. The van der Waals surface area contributed by atoms with Crippen LogP contribution < -0.4 is 9.47 Å². The molecule has 0 N–H and O–H groups in total. The average Bonchev–Trinajstić information content (AvgIpc) is 3.24. The van der Waals surface area contributed by atoms with Crippen LogP contribution in [0.3, 0.4) is 0 Å². The fraction of sp³-hybridized carbons (Fsp3) is 0.107. The van der Waals surface area contributed by atoms with Crippen molar-refractivity contribution in [1.29, 1.82) is 0 Å². The SMILES string of the molecule is CCOc1cc(/C=C2\N=C(c3cccc(C)c3)OC2=O)ccc1OC(=O)/C=C/c1cccc([N+](=O)[O-])c1. The first-order chi connectivity index (χ1) is 17.8. The number of nitrogens with zero attached hydrogens (tertiary/aromatic N) is 2. The Hall–Kier alpha value is -5.05. The lowest BCUT2D eigenvalue weighted by Gasteiger charge is -2.10. The molecule has 0 spiro atoms. The van der Waals surface area contributed by atoms with Crippen LogP contribution in [0.5, 0.6) is 11.5 Å². The maximum absolute atomic E-state index is 12.4. The van der Waals surface area contributed by atoms with Gasteiger partial charge in [-0.05, 0) is 61.4 Å². The summed E-state index contributed by atoms with van der Waals surface area (Å²) < 4.78 is 16.3. The number of carbonyl (C=O) groups excluding carboxylic acids is 2. The molecule has 9 nitrogen and oxygen atoms in total. The summed E-state index contributed by atoms with van der Waals surface area (Å²) in [5, 5.41) is 10.9. The zero-order valence-electron chi connectivity index (χ0n) is 20.0. The van der Waals surface area contributed by atoms with Crippen LogP contribution in [0.25, 0.3) is 12.2 Å². The van der Waals surface area contributed by atoms with E-state index in [4.69, 9.17) is 14.2 Å². The van der Waals surface area contributed by atoms with Crippen molar-refractivity contribution in [2.45, 2.75) is 13.8 Å². The largest absolute Gasteiger partial charge is 0.490 e. The number of cyclic esters (lactones) is 1. The maximum Gasteiger partial charge on any atom is 0.363 e. The maximum atomic E-state index is 12.4. The van der Waals surface area contributed by atoms with Gasteiger partial charge in [-0.2, -0.15) is 0 Å². The van der Waals surface area contributed by atoms with Crippen molar-refractivity contribution < 1.29 is 28.7 Å². The minimum absolute atomic E-state index is 0.0830. The molecule has 9 heteroatoms. The van der Waals surface area contributed by atoms with Gasteiger partial charge in [0.05, 0.1) is 11.5 Å². The number of benzene rings is 3. The molecule has 0 saturated carbocycles. The molecule has 0 aromatic heterocycles. The van der Waals surface area contributed by atoms with Gasteiger partial charge >= 0.3 is 11.9 Å². The van der Waals surface area contributed by atoms with Crippen LogP contribution in [0.15, 0.2) is 83.5 Å². The van der Waals surface area contributed by atoms with Gasteiger partial charge in [-0.15, -0.1) is 0 Å². The smallest absolute Gasteiger partial charge is 0.363 e. The van der Waals surface area contributed by atoms with Gasteiger partial charge in [0.1, 0.15) is 0 Å². The Bertz CT molecular complexity index is 1470. The third kappa shape index (κ3) is 6.34. The van der Waals surface area contributed by atoms with Crippen molar-refractivity contribution in [2.24, 2.45) is 4.99 Å². The molecular formula is C28H22N2O7. The summed E-state index contributed by atoms with van der Waals surface area (Å²) in [6.45, 7) is 4.03. The van der Waals surface area contributed by atoms with Crippen LogP contribution in [-0.2, 0) is 14.3 Å². The molecule has 1 heterocycles. The minimum Gasteiger partial charge on any atom is -0.490 e. The number of rotatable bonds is 8.